The Hall–Kier alpha value is -1.78. The second kappa shape index (κ2) is 6.33. The predicted octanol–water partition coefficient (Wildman–Crippen LogP) is 2.88. The monoisotopic (exact) mass is 291 g/mol. The van der Waals surface area contributed by atoms with Crippen molar-refractivity contribution in [1.82, 2.24) is 10.3 Å². The Balaban J connectivity index is 1.93. The van der Waals surface area contributed by atoms with E-state index in [2.05, 4.69) is 21.3 Å². The number of aromatic nitrogens is 1. The fourth-order valence-electron chi connectivity index (χ4n) is 2.52. The lowest BCUT2D eigenvalue weighted by Gasteiger charge is -2.35. The average Bonchev–Trinajstić information content (AvgIpc) is 2.36. The minimum atomic E-state index is -0.459. The van der Waals surface area contributed by atoms with Crippen LogP contribution in [0.15, 0.2) is 18.5 Å². The Bertz CT molecular complexity index is 497. The van der Waals surface area contributed by atoms with Crippen molar-refractivity contribution >= 4 is 11.8 Å². The van der Waals surface area contributed by atoms with Gasteiger partial charge < -0.3 is 15.0 Å². The zero-order chi connectivity index (χ0) is 15.5. The lowest BCUT2D eigenvalue weighted by Crippen LogP contribution is -2.49. The molecule has 0 unspecified atom stereocenters. The third kappa shape index (κ3) is 4.92. The third-order valence-corrected chi connectivity index (χ3v) is 3.37. The number of pyridine rings is 1. The lowest BCUT2D eigenvalue weighted by atomic mass is 10.1. The molecular formula is C16H25N3O2. The first kappa shape index (κ1) is 15.6. The Morgan fingerprint density at radius 1 is 1.43 bits per heavy atom. The first-order valence-electron chi connectivity index (χ1n) is 7.49. The van der Waals surface area contributed by atoms with Gasteiger partial charge in [-0.3, -0.25) is 4.98 Å². The van der Waals surface area contributed by atoms with Gasteiger partial charge in [-0.05, 0) is 52.2 Å². The molecule has 1 fully saturated rings. The van der Waals surface area contributed by atoms with Gasteiger partial charge in [0.15, 0.2) is 0 Å². The van der Waals surface area contributed by atoms with Gasteiger partial charge in [0.25, 0.3) is 0 Å². The van der Waals surface area contributed by atoms with Gasteiger partial charge in [0.1, 0.15) is 5.60 Å². The van der Waals surface area contributed by atoms with Crippen LogP contribution in [0.2, 0.25) is 0 Å². The van der Waals surface area contributed by atoms with Crippen LogP contribution in [0.4, 0.5) is 10.5 Å². The molecule has 0 spiro atoms. The standard InChI is InChI=1S/C16H25N3O2/c1-12-8-14(10-17-9-12)19-7-5-6-13(11-19)18-15(20)21-16(2,3)4/h8-10,13H,5-7,11H2,1-4H3,(H,18,20)/t13-/m1/s1. The summed E-state index contributed by atoms with van der Waals surface area (Å²) in [6, 6.07) is 2.25. The third-order valence-electron chi connectivity index (χ3n) is 3.37. The highest BCUT2D eigenvalue weighted by atomic mass is 16.6. The first-order chi connectivity index (χ1) is 9.83. The Morgan fingerprint density at radius 3 is 2.86 bits per heavy atom. The summed E-state index contributed by atoms with van der Waals surface area (Å²) in [6.07, 6.45) is 5.42. The van der Waals surface area contributed by atoms with Crippen LogP contribution in [0.25, 0.3) is 0 Å². The Labute approximate surface area is 126 Å². The van der Waals surface area contributed by atoms with Crippen LogP contribution in [-0.4, -0.2) is 35.8 Å². The number of amides is 1. The molecule has 116 valence electrons. The van der Waals surface area contributed by atoms with Crippen LogP contribution in [0.5, 0.6) is 0 Å². The fraction of sp³-hybridized carbons (Fsp3) is 0.625. The Morgan fingerprint density at radius 2 is 2.19 bits per heavy atom. The smallest absolute Gasteiger partial charge is 0.407 e. The van der Waals surface area contributed by atoms with E-state index in [0.29, 0.717) is 0 Å². The van der Waals surface area contributed by atoms with Gasteiger partial charge >= 0.3 is 6.09 Å². The summed E-state index contributed by atoms with van der Waals surface area (Å²) in [4.78, 5) is 18.4. The van der Waals surface area contributed by atoms with Gasteiger partial charge in [-0.2, -0.15) is 0 Å². The maximum atomic E-state index is 11.9. The second-order valence-corrected chi connectivity index (χ2v) is 6.65. The van der Waals surface area contributed by atoms with Crippen molar-refractivity contribution in [2.24, 2.45) is 0 Å². The molecule has 2 rings (SSSR count). The summed E-state index contributed by atoms with van der Waals surface area (Å²) in [6.45, 7) is 9.45. The summed E-state index contributed by atoms with van der Waals surface area (Å²) < 4.78 is 5.32. The maximum absolute atomic E-state index is 11.9. The zero-order valence-electron chi connectivity index (χ0n) is 13.3. The number of anilines is 1. The number of nitrogens with zero attached hydrogens (tertiary/aromatic N) is 2. The van der Waals surface area contributed by atoms with E-state index in [1.165, 1.54) is 0 Å². The Kier molecular flexibility index (Phi) is 4.70. The molecule has 1 aliphatic rings. The SMILES string of the molecule is Cc1cncc(N2CCC[C@@H](NC(=O)OC(C)(C)C)C2)c1. The van der Waals surface area contributed by atoms with Crippen LogP contribution < -0.4 is 10.2 Å². The molecule has 1 aromatic rings. The van der Waals surface area contributed by atoms with E-state index in [0.717, 1.165) is 37.2 Å². The number of carbonyl (C=O) groups is 1. The lowest BCUT2D eigenvalue weighted by molar-refractivity contribution is 0.0500. The molecule has 0 radical (unpaired) electrons. The van der Waals surface area contributed by atoms with Gasteiger partial charge in [0.2, 0.25) is 0 Å². The minimum absolute atomic E-state index is 0.120. The van der Waals surface area contributed by atoms with Gasteiger partial charge in [-0.25, -0.2) is 4.79 Å². The number of nitrogens with one attached hydrogen (secondary N) is 1. The molecule has 5 nitrogen and oxygen atoms in total. The van der Waals surface area contributed by atoms with Crippen molar-refractivity contribution in [2.45, 2.75) is 52.2 Å². The molecule has 1 saturated heterocycles. The number of hydrogen-bond donors (Lipinski definition) is 1. The molecule has 1 aliphatic heterocycles. The fourth-order valence-corrected chi connectivity index (χ4v) is 2.52. The molecule has 1 aromatic heterocycles. The zero-order valence-corrected chi connectivity index (χ0v) is 13.3. The number of piperidine rings is 1. The van der Waals surface area contributed by atoms with Gasteiger partial charge in [-0.1, -0.05) is 0 Å². The molecule has 0 bridgehead atoms. The molecule has 1 atom stereocenters. The molecule has 21 heavy (non-hydrogen) atoms. The van der Waals surface area contributed by atoms with Gasteiger partial charge in [0.05, 0.1) is 11.9 Å². The molecule has 1 N–H and O–H groups in total. The summed E-state index contributed by atoms with van der Waals surface area (Å²) >= 11 is 0. The second-order valence-electron chi connectivity index (χ2n) is 6.65. The van der Waals surface area contributed by atoms with Crippen molar-refractivity contribution in [3.8, 4) is 0 Å². The van der Waals surface area contributed by atoms with Crippen molar-refractivity contribution in [2.75, 3.05) is 18.0 Å². The van der Waals surface area contributed by atoms with Crippen LogP contribution in [0.1, 0.15) is 39.2 Å². The molecule has 1 amide bonds. The normalized spacial score (nSPS) is 19.2. The topological polar surface area (TPSA) is 54.5 Å². The van der Waals surface area contributed by atoms with Crippen LogP contribution in [0, 0.1) is 6.92 Å². The van der Waals surface area contributed by atoms with Crippen molar-refractivity contribution in [1.29, 1.82) is 0 Å². The van der Waals surface area contributed by atoms with Crippen LogP contribution in [-0.2, 0) is 4.74 Å². The van der Waals surface area contributed by atoms with E-state index in [1.54, 1.807) is 0 Å². The molecule has 5 heteroatoms. The van der Waals surface area contributed by atoms with Crippen LogP contribution >= 0.6 is 0 Å². The molecular weight excluding hydrogens is 266 g/mol. The highest BCUT2D eigenvalue weighted by molar-refractivity contribution is 5.68. The van der Waals surface area contributed by atoms with E-state index in [4.69, 9.17) is 4.74 Å². The maximum Gasteiger partial charge on any atom is 0.407 e. The van der Waals surface area contributed by atoms with E-state index in [1.807, 2.05) is 40.1 Å². The number of rotatable bonds is 2. The molecule has 0 aliphatic carbocycles. The number of hydrogen-bond acceptors (Lipinski definition) is 4. The average molecular weight is 291 g/mol. The summed E-state index contributed by atoms with van der Waals surface area (Å²) in [5.41, 5.74) is 1.80. The molecule has 0 saturated carbocycles. The summed E-state index contributed by atoms with van der Waals surface area (Å²) in [7, 11) is 0. The molecule has 0 aromatic carbocycles. The van der Waals surface area contributed by atoms with E-state index in [9.17, 15) is 4.79 Å². The largest absolute Gasteiger partial charge is 0.444 e. The highest BCUT2D eigenvalue weighted by Gasteiger charge is 2.24. The van der Waals surface area contributed by atoms with E-state index < -0.39 is 5.60 Å². The predicted molar refractivity (Wildman–Crippen MR) is 83.6 cm³/mol. The summed E-state index contributed by atoms with van der Waals surface area (Å²) in [5.74, 6) is 0. The van der Waals surface area contributed by atoms with Crippen LogP contribution in [0.3, 0.4) is 0 Å². The van der Waals surface area contributed by atoms with Gasteiger partial charge in [0, 0.05) is 25.3 Å². The van der Waals surface area contributed by atoms with Gasteiger partial charge in [-0.15, -0.1) is 0 Å². The quantitative estimate of drug-likeness (QED) is 0.910. The number of aryl methyl sites for hydroxylation is 1. The van der Waals surface area contributed by atoms with Crippen molar-refractivity contribution in [3.63, 3.8) is 0 Å². The highest BCUT2D eigenvalue weighted by Crippen LogP contribution is 2.20. The number of alkyl carbamates (subject to hydrolysis) is 1. The van der Waals surface area contributed by atoms with E-state index in [-0.39, 0.29) is 12.1 Å². The number of ether oxygens (including phenoxy) is 1. The molecule has 2 heterocycles. The van der Waals surface area contributed by atoms with Crippen molar-refractivity contribution < 1.29 is 9.53 Å². The first-order valence-corrected chi connectivity index (χ1v) is 7.49. The minimum Gasteiger partial charge on any atom is -0.444 e. The van der Waals surface area contributed by atoms with Crippen molar-refractivity contribution in [3.05, 3.63) is 24.0 Å². The summed E-state index contributed by atoms with van der Waals surface area (Å²) in [5, 5.41) is 2.97. The number of carbonyl (C=O) groups excluding carboxylic acids is 1. The van der Waals surface area contributed by atoms with E-state index >= 15 is 0 Å².